The van der Waals surface area contributed by atoms with Crippen molar-refractivity contribution in [2.24, 2.45) is 0 Å². The highest BCUT2D eigenvalue weighted by Crippen LogP contribution is 2.41. The van der Waals surface area contributed by atoms with Crippen molar-refractivity contribution in [2.75, 3.05) is 0 Å². The third-order valence-electron chi connectivity index (χ3n) is 3.32. The molecule has 0 N–H and O–H groups in total. The Balaban J connectivity index is 2.62. The van der Waals surface area contributed by atoms with Gasteiger partial charge in [0.25, 0.3) is 6.26 Å². The molecule has 0 saturated carbocycles. The third-order valence-corrected chi connectivity index (χ3v) is 3.32. The maximum atomic E-state index is 12.3. The summed E-state index contributed by atoms with van der Waals surface area (Å²) in [7, 11) is 0. The van der Waals surface area contributed by atoms with Crippen molar-refractivity contribution < 1.29 is 14.3 Å². The minimum absolute atomic E-state index is 0.0604. The van der Waals surface area contributed by atoms with Gasteiger partial charge in [-0.25, -0.2) is 0 Å². The first-order valence-electron chi connectivity index (χ1n) is 6.61. The van der Waals surface area contributed by atoms with Gasteiger partial charge >= 0.3 is 0 Å². The van der Waals surface area contributed by atoms with Gasteiger partial charge in [-0.1, -0.05) is 20.8 Å². The summed E-state index contributed by atoms with van der Waals surface area (Å²) < 4.78 is 10.9. The van der Waals surface area contributed by atoms with Crippen LogP contribution in [0.5, 0.6) is 11.5 Å². The molecule has 106 valence electrons. The molecule has 4 nitrogen and oxygen atoms in total. The first-order valence-corrected chi connectivity index (χ1v) is 6.61. The molecule has 20 heavy (non-hydrogen) atoms. The fourth-order valence-corrected chi connectivity index (χ4v) is 2.40. The van der Waals surface area contributed by atoms with Gasteiger partial charge in [0.05, 0.1) is 12.0 Å². The van der Waals surface area contributed by atoms with Crippen LogP contribution in [0.1, 0.15) is 57.0 Å². The van der Waals surface area contributed by atoms with E-state index in [1.807, 2.05) is 34.6 Å². The SMILES string of the molecule is CC1(C)CC(=O)c2cc(C(C)(C)C)c(OC#N)cc2O1. The van der Waals surface area contributed by atoms with Crippen molar-refractivity contribution in [1.82, 2.24) is 0 Å². The van der Waals surface area contributed by atoms with E-state index in [2.05, 4.69) is 0 Å². The van der Waals surface area contributed by atoms with E-state index in [4.69, 9.17) is 14.7 Å². The van der Waals surface area contributed by atoms with Crippen LogP contribution >= 0.6 is 0 Å². The van der Waals surface area contributed by atoms with Gasteiger partial charge in [0.15, 0.2) is 5.78 Å². The van der Waals surface area contributed by atoms with Crippen molar-refractivity contribution in [1.29, 1.82) is 5.26 Å². The molecule has 0 aliphatic carbocycles. The molecule has 0 fully saturated rings. The summed E-state index contributed by atoms with van der Waals surface area (Å²) in [6.45, 7) is 9.78. The highest BCUT2D eigenvalue weighted by Gasteiger charge is 2.34. The normalized spacial score (nSPS) is 16.9. The monoisotopic (exact) mass is 273 g/mol. The van der Waals surface area contributed by atoms with E-state index < -0.39 is 5.60 Å². The van der Waals surface area contributed by atoms with Crippen LogP contribution in [-0.2, 0) is 5.41 Å². The summed E-state index contributed by atoms with van der Waals surface area (Å²) in [5, 5.41) is 8.79. The molecule has 0 aromatic heterocycles. The zero-order valence-electron chi connectivity index (χ0n) is 12.5. The van der Waals surface area contributed by atoms with E-state index in [0.29, 0.717) is 23.5 Å². The zero-order chi connectivity index (χ0) is 15.1. The summed E-state index contributed by atoms with van der Waals surface area (Å²) >= 11 is 0. The number of rotatable bonds is 1. The molecule has 2 rings (SSSR count). The van der Waals surface area contributed by atoms with Crippen LogP contribution in [0.25, 0.3) is 0 Å². The third kappa shape index (κ3) is 2.62. The molecule has 0 saturated heterocycles. The van der Waals surface area contributed by atoms with Crippen LogP contribution in [0.15, 0.2) is 12.1 Å². The number of carbonyl (C=O) groups excluding carboxylic acids is 1. The van der Waals surface area contributed by atoms with E-state index in [1.165, 1.54) is 0 Å². The van der Waals surface area contributed by atoms with Crippen LogP contribution in [0.4, 0.5) is 0 Å². The van der Waals surface area contributed by atoms with Gasteiger partial charge in [-0.2, -0.15) is 0 Å². The fourth-order valence-electron chi connectivity index (χ4n) is 2.40. The number of ether oxygens (including phenoxy) is 2. The van der Waals surface area contributed by atoms with Gasteiger partial charge in [-0.15, -0.1) is 5.26 Å². The first kappa shape index (κ1) is 14.4. The Bertz CT molecular complexity index is 603. The number of nitriles is 1. The molecule has 1 aromatic rings. The predicted molar refractivity (Wildman–Crippen MR) is 75.0 cm³/mol. The lowest BCUT2D eigenvalue weighted by Crippen LogP contribution is -2.36. The molecule has 4 heteroatoms. The Morgan fingerprint density at radius 1 is 1.35 bits per heavy atom. The lowest BCUT2D eigenvalue weighted by molar-refractivity contribution is 0.0618. The van der Waals surface area contributed by atoms with Crippen molar-refractivity contribution in [3.05, 3.63) is 23.3 Å². The number of carbonyl (C=O) groups is 1. The van der Waals surface area contributed by atoms with Gasteiger partial charge in [-0.05, 0) is 25.3 Å². The molecule has 1 heterocycles. The second-order valence-corrected chi connectivity index (χ2v) is 6.75. The van der Waals surface area contributed by atoms with Crippen LogP contribution in [-0.4, -0.2) is 11.4 Å². The summed E-state index contributed by atoms with van der Waals surface area (Å²) in [5.41, 5.74) is 0.639. The lowest BCUT2D eigenvalue weighted by atomic mass is 9.83. The Labute approximate surface area is 119 Å². The molecule has 1 aliphatic rings. The molecule has 1 aliphatic heterocycles. The summed E-state index contributed by atoms with van der Waals surface area (Å²) in [6, 6.07) is 3.44. The van der Waals surface area contributed by atoms with Gasteiger partial charge < -0.3 is 9.47 Å². The largest absolute Gasteiger partial charge is 0.486 e. The van der Waals surface area contributed by atoms with Gasteiger partial charge in [0.1, 0.15) is 17.1 Å². The smallest absolute Gasteiger partial charge is 0.292 e. The number of Topliss-reactive ketones (excluding diaryl/α,β-unsaturated/α-hetero) is 1. The first-order chi connectivity index (χ1) is 9.14. The number of fused-ring (bicyclic) bond motifs is 1. The Morgan fingerprint density at radius 2 is 2.00 bits per heavy atom. The lowest BCUT2D eigenvalue weighted by Gasteiger charge is -2.33. The van der Waals surface area contributed by atoms with Crippen LogP contribution in [0.3, 0.4) is 0 Å². The molecular weight excluding hydrogens is 254 g/mol. The summed E-state index contributed by atoms with van der Waals surface area (Å²) in [6.07, 6.45) is 2.04. The van der Waals surface area contributed by atoms with E-state index in [1.54, 1.807) is 18.4 Å². The Hall–Kier alpha value is -2.02. The van der Waals surface area contributed by atoms with E-state index in [-0.39, 0.29) is 11.2 Å². The summed E-state index contributed by atoms with van der Waals surface area (Å²) in [4.78, 5) is 12.3. The fraction of sp³-hybridized carbons (Fsp3) is 0.500. The van der Waals surface area contributed by atoms with Gasteiger partial charge in [0, 0.05) is 11.6 Å². The maximum absolute atomic E-state index is 12.3. The molecule has 0 atom stereocenters. The quantitative estimate of drug-likeness (QED) is 0.734. The van der Waals surface area contributed by atoms with E-state index in [9.17, 15) is 4.79 Å². The van der Waals surface area contributed by atoms with Crippen LogP contribution in [0, 0.1) is 11.5 Å². The predicted octanol–water partition coefficient (Wildman–Crippen LogP) is 3.59. The second-order valence-electron chi connectivity index (χ2n) is 6.75. The topological polar surface area (TPSA) is 59.3 Å². The van der Waals surface area contributed by atoms with Crippen molar-refractivity contribution in [3.8, 4) is 17.8 Å². The standard InChI is InChI=1S/C16H19NO3/c1-15(2,3)11-6-10-12(18)8-16(4,5)20-13(10)7-14(11)19-9-17/h6-7H,8H2,1-5H3. The second kappa shape index (κ2) is 4.52. The van der Waals surface area contributed by atoms with Crippen molar-refractivity contribution in [3.63, 3.8) is 0 Å². The zero-order valence-corrected chi connectivity index (χ0v) is 12.5. The van der Waals surface area contributed by atoms with Crippen LogP contribution in [0.2, 0.25) is 0 Å². The van der Waals surface area contributed by atoms with Gasteiger partial charge in [-0.3, -0.25) is 4.79 Å². The van der Waals surface area contributed by atoms with E-state index in [0.717, 1.165) is 5.56 Å². The Morgan fingerprint density at radius 3 is 2.55 bits per heavy atom. The number of ketones is 1. The summed E-state index contributed by atoms with van der Waals surface area (Å²) in [5.74, 6) is 0.999. The van der Waals surface area contributed by atoms with Crippen LogP contribution < -0.4 is 9.47 Å². The highest BCUT2D eigenvalue weighted by atomic mass is 16.5. The average Bonchev–Trinajstić information content (AvgIpc) is 2.25. The maximum Gasteiger partial charge on any atom is 0.292 e. The molecule has 0 bridgehead atoms. The Kier molecular flexibility index (Phi) is 3.25. The number of nitrogens with zero attached hydrogens (tertiary/aromatic N) is 1. The van der Waals surface area contributed by atoms with Crippen molar-refractivity contribution >= 4 is 5.78 Å². The molecular formula is C16H19NO3. The van der Waals surface area contributed by atoms with Crippen molar-refractivity contribution in [2.45, 2.75) is 52.1 Å². The highest BCUT2D eigenvalue weighted by molar-refractivity contribution is 6.00. The minimum atomic E-state index is -0.531. The van der Waals surface area contributed by atoms with E-state index >= 15 is 0 Å². The number of hydrogen-bond donors (Lipinski definition) is 0. The average molecular weight is 273 g/mol. The number of hydrogen-bond acceptors (Lipinski definition) is 4. The molecule has 1 aromatic carbocycles. The number of benzene rings is 1. The molecule has 0 unspecified atom stereocenters. The van der Waals surface area contributed by atoms with Gasteiger partial charge in [0.2, 0.25) is 0 Å². The molecule has 0 spiro atoms. The molecule has 0 radical (unpaired) electrons. The molecule has 0 amide bonds. The minimum Gasteiger partial charge on any atom is -0.486 e.